The summed E-state index contributed by atoms with van der Waals surface area (Å²) in [7, 11) is 1.51. The van der Waals surface area contributed by atoms with Crippen molar-refractivity contribution in [1.29, 1.82) is 0 Å². The molecule has 10 heteroatoms. The van der Waals surface area contributed by atoms with Crippen molar-refractivity contribution in [3.63, 3.8) is 0 Å². The molecule has 2 aromatic rings. The van der Waals surface area contributed by atoms with E-state index in [1.807, 2.05) is 0 Å². The highest BCUT2D eigenvalue weighted by atomic mass is 32.1. The van der Waals surface area contributed by atoms with Crippen molar-refractivity contribution >= 4 is 40.7 Å². The molecule has 1 saturated carbocycles. The van der Waals surface area contributed by atoms with Crippen LogP contribution >= 0.6 is 12.2 Å². The van der Waals surface area contributed by atoms with E-state index >= 15 is 0 Å². The maximum Gasteiger partial charge on any atom is 0.269 e. The second-order valence-electron chi connectivity index (χ2n) is 7.80. The summed E-state index contributed by atoms with van der Waals surface area (Å²) in [6.07, 6.45) is 5.19. The van der Waals surface area contributed by atoms with Gasteiger partial charge < -0.3 is 14.8 Å². The van der Waals surface area contributed by atoms with Gasteiger partial charge in [-0.3, -0.25) is 30.6 Å². The first-order valence-corrected chi connectivity index (χ1v) is 11.4. The number of amides is 3. The molecule has 9 nitrogen and oxygen atoms in total. The van der Waals surface area contributed by atoms with Crippen LogP contribution in [0.2, 0.25) is 0 Å². The summed E-state index contributed by atoms with van der Waals surface area (Å²) in [4.78, 5) is 36.7. The minimum Gasteiger partial charge on any atom is -0.493 e. The van der Waals surface area contributed by atoms with Crippen molar-refractivity contribution in [2.75, 3.05) is 19.0 Å². The molecular formula is C24H28N4O5S. The maximum atomic E-state index is 12.3. The number of hydrazine groups is 1. The van der Waals surface area contributed by atoms with E-state index in [-0.39, 0.29) is 23.5 Å². The predicted molar refractivity (Wildman–Crippen MR) is 131 cm³/mol. The fourth-order valence-electron chi connectivity index (χ4n) is 3.58. The van der Waals surface area contributed by atoms with Crippen molar-refractivity contribution in [3.8, 4) is 11.5 Å². The Morgan fingerprint density at radius 3 is 2.29 bits per heavy atom. The number of ether oxygens (including phenoxy) is 2. The van der Waals surface area contributed by atoms with Gasteiger partial charge in [-0.1, -0.05) is 31.4 Å². The molecule has 0 radical (unpaired) electrons. The van der Waals surface area contributed by atoms with Crippen molar-refractivity contribution in [3.05, 3.63) is 54.1 Å². The number of benzene rings is 2. The molecule has 3 amide bonds. The van der Waals surface area contributed by atoms with Gasteiger partial charge in [0.25, 0.3) is 11.8 Å². The summed E-state index contributed by atoms with van der Waals surface area (Å²) in [5.74, 6) is 0.0444. The summed E-state index contributed by atoms with van der Waals surface area (Å²) >= 11 is 5.02. The van der Waals surface area contributed by atoms with Crippen LogP contribution in [-0.4, -0.2) is 36.6 Å². The van der Waals surface area contributed by atoms with Crippen LogP contribution in [0, 0.1) is 5.92 Å². The lowest BCUT2D eigenvalue weighted by molar-refractivity contribution is -0.122. The summed E-state index contributed by atoms with van der Waals surface area (Å²) < 4.78 is 10.6. The molecular weight excluding hydrogens is 456 g/mol. The number of rotatable bonds is 7. The number of nitrogens with one attached hydrogen (secondary N) is 4. The Hall–Kier alpha value is -3.66. The van der Waals surface area contributed by atoms with Crippen LogP contribution in [0.3, 0.4) is 0 Å². The largest absolute Gasteiger partial charge is 0.493 e. The molecule has 180 valence electrons. The van der Waals surface area contributed by atoms with E-state index in [4.69, 9.17) is 21.7 Å². The first-order chi connectivity index (χ1) is 16.5. The van der Waals surface area contributed by atoms with Gasteiger partial charge in [0.05, 0.1) is 7.11 Å². The Bertz CT molecular complexity index is 1020. The Morgan fingerprint density at radius 2 is 1.62 bits per heavy atom. The van der Waals surface area contributed by atoms with E-state index in [0.29, 0.717) is 22.7 Å². The normalized spacial score (nSPS) is 13.3. The quantitative estimate of drug-likeness (QED) is 0.353. The molecule has 0 unspecified atom stereocenters. The van der Waals surface area contributed by atoms with Crippen LogP contribution in [0.15, 0.2) is 48.5 Å². The lowest BCUT2D eigenvalue weighted by atomic mass is 9.88. The fraction of sp³-hybridized carbons (Fsp3) is 0.333. The second kappa shape index (κ2) is 12.5. The third-order valence-electron chi connectivity index (χ3n) is 5.36. The van der Waals surface area contributed by atoms with Gasteiger partial charge in [-0.25, -0.2) is 0 Å². The van der Waals surface area contributed by atoms with E-state index in [2.05, 4.69) is 21.5 Å². The topological polar surface area (TPSA) is 118 Å². The van der Waals surface area contributed by atoms with E-state index in [1.54, 1.807) is 48.5 Å². The van der Waals surface area contributed by atoms with Gasteiger partial charge in [-0.05, 0) is 61.5 Å². The number of carbonyl (C=O) groups excluding carboxylic acids is 3. The third-order valence-corrected chi connectivity index (χ3v) is 5.57. The van der Waals surface area contributed by atoms with Crippen LogP contribution in [0.4, 0.5) is 5.69 Å². The van der Waals surface area contributed by atoms with Crippen LogP contribution in [0.1, 0.15) is 42.5 Å². The monoisotopic (exact) mass is 484 g/mol. The van der Waals surface area contributed by atoms with Crippen LogP contribution in [0.5, 0.6) is 11.5 Å². The summed E-state index contributed by atoms with van der Waals surface area (Å²) in [5, 5.41) is 5.23. The summed E-state index contributed by atoms with van der Waals surface area (Å²) in [6, 6.07) is 13.5. The zero-order valence-corrected chi connectivity index (χ0v) is 19.7. The fourth-order valence-corrected chi connectivity index (χ4v) is 3.74. The molecule has 0 heterocycles. The number of anilines is 1. The van der Waals surface area contributed by atoms with E-state index in [0.717, 1.165) is 25.7 Å². The molecule has 0 saturated heterocycles. The van der Waals surface area contributed by atoms with Gasteiger partial charge >= 0.3 is 0 Å². The molecule has 0 bridgehead atoms. The Kier molecular flexibility index (Phi) is 9.21. The van der Waals surface area contributed by atoms with Crippen molar-refractivity contribution in [1.82, 2.24) is 16.2 Å². The van der Waals surface area contributed by atoms with Gasteiger partial charge in [0.1, 0.15) is 0 Å². The van der Waals surface area contributed by atoms with E-state index in [9.17, 15) is 14.4 Å². The SMILES string of the molecule is COc1ccccc1OCC(=O)NC(=S)NNC(=O)c1ccc(NC(=O)C2CCCCC2)cc1. The number of carbonyl (C=O) groups is 3. The first-order valence-electron chi connectivity index (χ1n) is 11.0. The predicted octanol–water partition coefficient (Wildman–Crippen LogP) is 2.93. The Balaban J connectivity index is 1.39. The number of hydrogen-bond acceptors (Lipinski definition) is 6. The first kappa shape index (κ1) is 25.0. The third kappa shape index (κ3) is 7.45. The van der Waals surface area contributed by atoms with Crippen molar-refractivity contribution in [2.45, 2.75) is 32.1 Å². The molecule has 0 aromatic heterocycles. The number of thiocarbonyl (C=S) groups is 1. The maximum absolute atomic E-state index is 12.3. The van der Waals surface area contributed by atoms with E-state index < -0.39 is 11.8 Å². The smallest absolute Gasteiger partial charge is 0.269 e. The van der Waals surface area contributed by atoms with Crippen molar-refractivity contribution < 1.29 is 23.9 Å². The lowest BCUT2D eigenvalue weighted by Crippen LogP contribution is -2.49. The van der Waals surface area contributed by atoms with Crippen LogP contribution in [0.25, 0.3) is 0 Å². The highest BCUT2D eigenvalue weighted by Gasteiger charge is 2.21. The van der Waals surface area contributed by atoms with E-state index in [1.165, 1.54) is 13.5 Å². The number of para-hydroxylation sites is 2. The minimum absolute atomic E-state index is 0.0225. The lowest BCUT2D eigenvalue weighted by Gasteiger charge is -2.20. The molecule has 4 N–H and O–H groups in total. The van der Waals surface area contributed by atoms with Crippen LogP contribution < -0.4 is 31.0 Å². The molecule has 1 aliphatic carbocycles. The molecule has 0 spiro atoms. The second-order valence-corrected chi connectivity index (χ2v) is 8.21. The zero-order valence-electron chi connectivity index (χ0n) is 18.9. The van der Waals surface area contributed by atoms with Gasteiger partial charge in [0, 0.05) is 17.2 Å². The highest BCUT2D eigenvalue weighted by Crippen LogP contribution is 2.26. The molecule has 0 aliphatic heterocycles. The number of methoxy groups -OCH3 is 1. The zero-order chi connectivity index (χ0) is 24.3. The highest BCUT2D eigenvalue weighted by molar-refractivity contribution is 7.80. The molecule has 2 aromatic carbocycles. The number of hydrogen-bond donors (Lipinski definition) is 4. The van der Waals surface area contributed by atoms with Crippen molar-refractivity contribution in [2.24, 2.45) is 5.92 Å². The van der Waals surface area contributed by atoms with Gasteiger partial charge in [-0.2, -0.15) is 0 Å². The molecule has 3 rings (SSSR count). The molecule has 1 fully saturated rings. The van der Waals surface area contributed by atoms with Gasteiger partial charge in [0.2, 0.25) is 5.91 Å². The van der Waals surface area contributed by atoms with Gasteiger partial charge in [0.15, 0.2) is 23.2 Å². The standard InChI is InChI=1S/C24H28N4O5S/c1-32-19-9-5-6-10-20(19)33-15-21(29)26-24(34)28-27-23(31)17-11-13-18(14-12-17)25-22(30)16-7-3-2-4-8-16/h5-6,9-14,16H,2-4,7-8,15H2,1H3,(H,25,30)(H,27,31)(H2,26,28,29,34). The van der Waals surface area contributed by atoms with Crippen LogP contribution in [-0.2, 0) is 9.59 Å². The molecule has 34 heavy (non-hydrogen) atoms. The van der Waals surface area contributed by atoms with Gasteiger partial charge in [-0.15, -0.1) is 0 Å². The Labute approximate surface area is 203 Å². The molecule has 0 atom stereocenters. The average Bonchev–Trinajstić information content (AvgIpc) is 2.87. The summed E-state index contributed by atoms with van der Waals surface area (Å²) in [6.45, 7) is -0.288. The summed E-state index contributed by atoms with van der Waals surface area (Å²) in [5.41, 5.74) is 5.88. The average molecular weight is 485 g/mol. The minimum atomic E-state index is -0.504. The Morgan fingerprint density at radius 1 is 0.941 bits per heavy atom. The molecule has 1 aliphatic rings.